The highest BCUT2D eigenvalue weighted by atomic mass is 32.2. The van der Waals surface area contributed by atoms with E-state index in [-0.39, 0.29) is 12.4 Å². The number of rotatable bonds is 4. The van der Waals surface area contributed by atoms with Crippen LogP contribution >= 0.6 is 0 Å². The zero-order chi connectivity index (χ0) is 11.3. The number of benzene rings is 1. The molecule has 1 unspecified atom stereocenters. The number of hydrogen-bond donors (Lipinski definition) is 1. The Morgan fingerprint density at radius 1 is 1.40 bits per heavy atom. The third kappa shape index (κ3) is 3.36. The molecule has 0 saturated carbocycles. The van der Waals surface area contributed by atoms with Crippen LogP contribution in [0.4, 0.5) is 0 Å². The van der Waals surface area contributed by atoms with Crippen molar-refractivity contribution in [2.24, 2.45) is 0 Å². The zero-order valence-corrected chi connectivity index (χ0v) is 9.25. The summed E-state index contributed by atoms with van der Waals surface area (Å²) in [4.78, 5) is 11.5. The number of nitrogens with one attached hydrogen (secondary N) is 1. The van der Waals surface area contributed by atoms with E-state index >= 15 is 0 Å². The Morgan fingerprint density at radius 2 is 2.00 bits per heavy atom. The first-order chi connectivity index (χ1) is 7.06. The van der Waals surface area contributed by atoms with Crippen LogP contribution in [-0.4, -0.2) is 22.5 Å². The monoisotopic (exact) mass is 227 g/mol. The Bertz CT molecular complexity index is 425. The van der Waals surface area contributed by atoms with Gasteiger partial charge in [0.2, 0.25) is 0 Å². The van der Waals surface area contributed by atoms with Crippen LogP contribution in [0.5, 0.6) is 0 Å². The van der Waals surface area contributed by atoms with Gasteiger partial charge in [-0.2, -0.15) is 0 Å². The first-order valence-corrected chi connectivity index (χ1v) is 6.26. The van der Waals surface area contributed by atoms with E-state index in [1.165, 1.54) is 0 Å². The summed E-state index contributed by atoms with van der Waals surface area (Å²) in [6, 6.07) is 8.30. The van der Waals surface area contributed by atoms with Gasteiger partial charge >= 0.3 is 5.97 Å². The molecule has 0 aromatic heterocycles. The fraction of sp³-hybridized carbons (Fsp3) is 0.300. The maximum Gasteiger partial charge on any atom is 0.319 e. The van der Waals surface area contributed by atoms with E-state index in [4.69, 9.17) is 4.78 Å². The molecule has 0 radical (unpaired) electrons. The Kier molecular flexibility index (Phi) is 3.85. The van der Waals surface area contributed by atoms with Crippen LogP contribution in [0, 0.1) is 4.78 Å². The summed E-state index contributed by atoms with van der Waals surface area (Å²) in [5.74, 6) is -0.980. The van der Waals surface area contributed by atoms with E-state index in [0.29, 0.717) is 4.90 Å². The number of esters is 1. The van der Waals surface area contributed by atoms with Crippen molar-refractivity contribution in [3.05, 3.63) is 30.3 Å². The van der Waals surface area contributed by atoms with Crippen molar-refractivity contribution in [3.63, 3.8) is 0 Å². The Morgan fingerprint density at radius 3 is 2.53 bits per heavy atom. The van der Waals surface area contributed by atoms with Gasteiger partial charge in [0.15, 0.2) is 0 Å². The van der Waals surface area contributed by atoms with Crippen molar-refractivity contribution < 1.29 is 13.7 Å². The van der Waals surface area contributed by atoms with Crippen molar-refractivity contribution in [1.29, 1.82) is 4.78 Å². The van der Waals surface area contributed by atoms with Gasteiger partial charge in [-0.1, -0.05) is 18.2 Å². The van der Waals surface area contributed by atoms with Gasteiger partial charge in [0.05, 0.1) is 16.3 Å². The van der Waals surface area contributed by atoms with Crippen LogP contribution in [-0.2, 0) is 19.3 Å². The van der Waals surface area contributed by atoms with Crippen LogP contribution < -0.4 is 0 Å². The van der Waals surface area contributed by atoms with E-state index in [9.17, 15) is 9.00 Å². The molecule has 0 spiro atoms. The third-order valence-corrected chi connectivity index (χ3v) is 3.43. The Balaban J connectivity index is 2.81. The highest BCUT2D eigenvalue weighted by molar-refractivity contribution is 7.93. The van der Waals surface area contributed by atoms with E-state index in [1.807, 2.05) is 0 Å². The standard InChI is InChI=1S/C10H13NO3S/c1-2-14-10(12)8-15(11,13)9-6-4-3-5-7-9/h3-7,11H,2,8H2,1H3. The molecular weight excluding hydrogens is 214 g/mol. The van der Waals surface area contributed by atoms with Gasteiger partial charge in [0.25, 0.3) is 0 Å². The topological polar surface area (TPSA) is 67.2 Å². The molecule has 4 nitrogen and oxygen atoms in total. The van der Waals surface area contributed by atoms with Crippen LogP contribution in [0.3, 0.4) is 0 Å². The lowest BCUT2D eigenvalue weighted by Crippen LogP contribution is -2.17. The molecule has 0 heterocycles. The summed E-state index contributed by atoms with van der Waals surface area (Å²) in [5, 5.41) is 0. The molecule has 0 bridgehead atoms. The van der Waals surface area contributed by atoms with Crippen molar-refractivity contribution >= 4 is 15.7 Å². The Labute approximate surface area is 89.2 Å². The molecule has 1 atom stereocenters. The molecule has 1 aromatic rings. The molecule has 1 N–H and O–H groups in total. The normalized spacial score (nSPS) is 14.2. The quantitative estimate of drug-likeness (QED) is 0.795. The van der Waals surface area contributed by atoms with Crippen LogP contribution in [0.25, 0.3) is 0 Å². The lowest BCUT2D eigenvalue weighted by atomic mass is 10.4. The second kappa shape index (κ2) is 4.93. The largest absolute Gasteiger partial charge is 0.465 e. The molecule has 82 valence electrons. The maximum atomic E-state index is 11.8. The first kappa shape index (κ1) is 11.7. The van der Waals surface area contributed by atoms with Crippen molar-refractivity contribution in [3.8, 4) is 0 Å². The predicted molar refractivity (Wildman–Crippen MR) is 57.1 cm³/mol. The summed E-state index contributed by atoms with van der Waals surface area (Å²) >= 11 is 0. The lowest BCUT2D eigenvalue weighted by molar-refractivity contribution is -0.139. The van der Waals surface area contributed by atoms with Gasteiger partial charge in [-0.05, 0) is 19.1 Å². The minimum absolute atomic E-state index is 0.239. The van der Waals surface area contributed by atoms with Gasteiger partial charge in [0, 0.05) is 4.90 Å². The molecule has 1 rings (SSSR count). The maximum absolute atomic E-state index is 11.8. The Hall–Kier alpha value is -1.36. The lowest BCUT2D eigenvalue weighted by Gasteiger charge is -2.06. The number of carbonyl (C=O) groups is 1. The second-order valence-corrected chi connectivity index (χ2v) is 5.05. The molecule has 5 heteroatoms. The molecule has 0 fully saturated rings. The smallest absolute Gasteiger partial charge is 0.319 e. The molecule has 0 saturated heterocycles. The fourth-order valence-corrected chi connectivity index (χ4v) is 2.27. The molecule has 0 aliphatic rings. The second-order valence-electron chi connectivity index (χ2n) is 2.94. The summed E-state index contributed by atoms with van der Waals surface area (Å²) in [6.45, 7) is 1.91. The minimum atomic E-state index is -3.06. The number of ether oxygens (including phenoxy) is 1. The van der Waals surface area contributed by atoms with Crippen LogP contribution in [0.1, 0.15) is 6.92 Å². The van der Waals surface area contributed by atoms with Gasteiger partial charge in [-0.15, -0.1) is 0 Å². The summed E-state index contributed by atoms with van der Waals surface area (Å²) in [7, 11) is -3.06. The van der Waals surface area contributed by atoms with Gasteiger partial charge in [-0.25, -0.2) is 8.99 Å². The van der Waals surface area contributed by atoms with Gasteiger partial charge in [-0.3, -0.25) is 4.79 Å². The summed E-state index contributed by atoms with van der Waals surface area (Å²) < 4.78 is 24.1. The average molecular weight is 227 g/mol. The zero-order valence-electron chi connectivity index (χ0n) is 8.43. The summed E-state index contributed by atoms with van der Waals surface area (Å²) in [5.41, 5.74) is 0. The fourth-order valence-electron chi connectivity index (χ4n) is 1.09. The van der Waals surface area contributed by atoms with Crippen LogP contribution in [0.2, 0.25) is 0 Å². The molecule has 0 aliphatic heterocycles. The number of carbonyl (C=O) groups excluding carboxylic acids is 1. The van der Waals surface area contributed by atoms with E-state index in [0.717, 1.165) is 0 Å². The summed E-state index contributed by atoms with van der Waals surface area (Å²) in [6.07, 6.45) is 0. The van der Waals surface area contributed by atoms with Crippen molar-refractivity contribution in [2.75, 3.05) is 12.4 Å². The number of hydrogen-bond acceptors (Lipinski definition) is 4. The highest BCUT2D eigenvalue weighted by Crippen LogP contribution is 2.11. The SMILES string of the molecule is CCOC(=O)CS(=N)(=O)c1ccccc1. The van der Waals surface area contributed by atoms with Crippen molar-refractivity contribution in [2.45, 2.75) is 11.8 Å². The van der Waals surface area contributed by atoms with Gasteiger partial charge < -0.3 is 4.74 Å². The van der Waals surface area contributed by atoms with E-state index in [1.54, 1.807) is 37.3 Å². The van der Waals surface area contributed by atoms with Crippen LogP contribution in [0.15, 0.2) is 35.2 Å². The molecule has 0 amide bonds. The highest BCUT2D eigenvalue weighted by Gasteiger charge is 2.15. The van der Waals surface area contributed by atoms with Gasteiger partial charge in [0.1, 0.15) is 5.75 Å². The predicted octanol–water partition coefficient (Wildman–Crippen LogP) is 1.66. The molecule has 15 heavy (non-hydrogen) atoms. The average Bonchev–Trinajstić information content (AvgIpc) is 2.18. The molecular formula is C10H13NO3S. The molecule has 1 aromatic carbocycles. The third-order valence-electron chi connectivity index (χ3n) is 1.75. The molecule has 0 aliphatic carbocycles. The van der Waals surface area contributed by atoms with E-state index in [2.05, 4.69) is 4.74 Å². The minimum Gasteiger partial charge on any atom is -0.465 e. The first-order valence-electron chi connectivity index (χ1n) is 4.53. The van der Waals surface area contributed by atoms with E-state index < -0.39 is 15.7 Å². The van der Waals surface area contributed by atoms with Crippen molar-refractivity contribution in [1.82, 2.24) is 0 Å².